The normalized spacial score (nSPS) is 16.4. The van der Waals surface area contributed by atoms with Gasteiger partial charge >= 0.3 is 5.97 Å². The Kier molecular flexibility index (Phi) is 6.39. The number of carbonyl (C=O) groups is 2. The molecule has 0 fully saturated rings. The second kappa shape index (κ2) is 8.76. The Bertz CT molecular complexity index is 841. The van der Waals surface area contributed by atoms with Crippen LogP contribution in [0.4, 0.5) is 10.1 Å². The fraction of sp³-hybridized carbons (Fsp3) is 0.300. The molecule has 0 spiro atoms. The number of ether oxygens (including phenoxy) is 1. The van der Waals surface area contributed by atoms with Gasteiger partial charge in [0.2, 0.25) is 0 Å². The van der Waals surface area contributed by atoms with Crippen molar-refractivity contribution in [2.24, 2.45) is 0 Å². The number of nitrogens with zero attached hydrogens (tertiary/aromatic N) is 1. The number of hydrogen-bond donors (Lipinski definition) is 0. The summed E-state index contributed by atoms with van der Waals surface area (Å²) in [4.78, 5) is 27.4. The molecule has 0 aliphatic carbocycles. The molecule has 2 aromatic carbocycles. The van der Waals surface area contributed by atoms with Crippen molar-refractivity contribution < 1.29 is 18.7 Å². The van der Waals surface area contributed by atoms with Gasteiger partial charge in [-0.05, 0) is 30.7 Å². The maximum atomic E-state index is 13.8. The molecule has 1 heterocycles. The van der Waals surface area contributed by atoms with Gasteiger partial charge in [-0.2, -0.15) is 0 Å². The third kappa shape index (κ3) is 4.82. The van der Waals surface area contributed by atoms with E-state index in [-0.39, 0.29) is 22.9 Å². The van der Waals surface area contributed by atoms with Gasteiger partial charge in [0.25, 0.3) is 5.91 Å². The van der Waals surface area contributed by atoms with Crippen molar-refractivity contribution in [2.75, 3.05) is 18.1 Å². The Labute approximate surface area is 166 Å². The van der Waals surface area contributed by atoms with Gasteiger partial charge in [0, 0.05) is 27.3 Å². The predicted octanol–water partition coefficient (Wildman–Crippen LogP) is 4.48. The molecule has 0 aromatic heterocycles. The van der Waals surface area contributed by atoms with E-state index in [0.29, 0.717) is 11.8 Å². The summed E-state index contributed by atoms with van der Waals surface area (Å²) in [7, 11) is 0. The molecule has 0 bridgehead atoms. The van der Waals surface area contributed by atoms with Crippen LogP contribution in [0.15, 0.2) is 47.4 Å². The molecule has 0 saturated carbocycles. The lowest BCUT2D eigenvalue weighted by Crippen LogP contribution is -2.36. The highest BCUT2D eigenvalue weighted by Crippen LogP contribution is 2.37. The molecule has 1 aliphatic heterocycles. The van der Waals surface area contributed by atoms with Crippen LogP contribution in [0.5, 0.6) is 0 Å². The van der Waals surface area contributed by atoms with Crippen molar-refractivity contribution >= 4 is 40.9 Å². The van der Waals surface area contributed by atoms with Crippen molar-refractivity contribution in [2.45, 2.75) is 29.9 Å². The molecular formula is C20H19ClFNO3S. The van der Waals surface area contributed by atoms with Gasteiger partial charge in [0.15, 0.2) is 6.61 Å². The number of thioether (sulfide) groups is 1. The average molecular weight is 408 g/mol. The summed E-state index contributed by atoms with van der Waals surface area (Å²) in [6, 6.07) is 11.9. The van der Waals surface area contributed by atoms with Crippen molar-refractivity contribution in [3.63, 3.8) is 0 Å². The van der Waals surface area contributed by atoms with E-state index in [2.05, 4.69) is 6.92 Å². The first kappa shape index (κ1) is 19.7. The molecule has 27 heavy (non-hydrogen) atoms. The molecular weight excluding hydrogens is 389 g/mol. The lowest BCUT2D eigenvalue weighted by Gasteiger charge is -2.22. The first-order valence-corrected chi connectivity index (χ1v) is 9.86. The minimum atomic E-state index is -0.693. The van der Waals surface area contributed by atoms with Crippen LogP contribution in [0.2, 0.25) is 5.02 Å². The van der Waals surface area contributed by atoms with Crippen LogP contribution in [-0.4, -0.2) is 30.3 Å². The summed E-state index contributed by atoms with van der Waals surface area (Å²) < 4.78 is 18.9. The van der Waals surface area contributed by atoms with Crippen LogP contribution in [-0.2, 0) is 20.7 Å². The number of hydrogen-bond acceptors (Lipinski definition) is 4. The minimum Gasteiger partial charge on any atom is -0.455 e. The molecule has 3 rings (SSSR count). The van der Waals surface area contributed by atoms with Crippen molar-refractivity contribution in [3.8, 4) is 0 Å². The van der Waals surface area contributed by atoms with Crippen LogP contribution in [0, 0.1) is 5.82 Å². The van der Waals surface area contributed by atoms with Gasteiger partial charge in [-0.25, -0.2) is 4.39 Å². The van der Waals surface area contributed by atoms with Gasteiger partial charge in [0.1, 0.15) is 5.82 Å². The summed E-state index contributed by atoms with van der Waals surface area (Å²) in [6.45, 7) is 2.28. The molecule has 1 aliphatic rings. The van der Waals surface area contributed by atoms with Gasteiger partial charge in [0.05, 0.1) is 12.1 Å². The number of carbonyl (C=O) groups excluding carboxylic acids is 2. The zero-order valence-electron chi connectivity index (χ0n) is 14.8. The van der Waals surface area contributed by atoms with E-state index >= 15 is 0 Å². The van der Waals surface area contributed by atoms with Gasteiger partial charge in [-0.3, -0.25) is 9.59 Å². The molecule has 142 valence electrons. The summed E-state index contributed by atoms with van der Waals surface area (Å²) in [5.41, 5.74) is 0.895. The third-order valence-electron chi connectivity index (χ3n) is 4.28. The summed E-state index contributed by atoms with van der Waals surface area (Å²) in [6.07, 6.45) is 0.520. The number of amides is 1. The molecule has 0 unspecified atom stereocenters. The molecule has 1 atom stereocenters. The zero-order chi connectivity index (χ0) is 19.4. The van der Waals surface area contributed by atoms with E-state index in [1.807, 2.05) is 24.3 Å². The lowest BCUT2D eigenvalue weighted by molar-refractivity contribution is -0.147. The summed E-state index contributed by atoms with van der Waals surface area (Å²) in [5, 5.41) is 0.542. The zero-order valence-corrected chi connectivity index (χ0v) is 16.4. The van der Waals surface area contributed by atoms with E-state index in [4.69, 9.17) is 16.3 Å². The SMILES string of the molecule is C[C@@H]1CCN(C(=O)COC(=O)Cc2c(F)cccc2Cl)c2ccccc2S1. The van der Waals surface area contributed by atoms with E-state index in [9.17, 15) is 14.0 Å². The lowest BCUT2D eigenvalue weighted by atomic mass is 10.1. The quantitative estimate of drug-likeness (QED) is 0.701. The number of halogens is 2. The number of rotatable bonds is 4. The Morgan fingerprint density at radius 2 is 2.04 bits per heavy atom. The molecule has 0 radical (unpaired) electrons. The van der Waals surface area contributed by atoms with Gasteiger partial charge in [-0.15, -0.1) is 11.8 Å². The van der Waals surface area contributed by atoms with Crippen LogP contribution in [0.3, 0.4) is 0 Å². The minimum absolute atomic E-state index is 0.0713. The Morgan fingerprint density at radius 3 is 2.81 bits per heavy atom. The number of benzene rings is 2. The standard InChI is InChI=1S/C20H19ClFNO3S/c1-13-9-10-23(17-7-2-3-8-18(17)27-13)19(24)12-26-20(25)11-14-15(21)5-4-6-16(14)22/h2-8,13H,9-12H2,1H3/t13-/m1/s1. The molecule has 4 nitrogen and oxygen atoms in total. The monoisotopic (exact) mass is 407 g/mol. The van der Waals surface area contributed by atoms with E-state index in [1.54, 1.807) is 16.7 Å². The predicted molar refractivity (Wildman–Crippen MR) is 105 cm³/mol. The first-order chi connectivity index (χ1) is 13.0. The molecule has 1 amide bonds. The number of anilines is 1. The second-order valence-corrected chi connectivity index (χ2v) is 8.16. The van der Waals surface area contributed by atoms with Crippen LogP contribution in [0.1, 0.15) is 18.9 Å². The van der Waals surface area contributed by atoms with Crippen LogP contribution < -0.4 is 4.90 Å². The molecule has 0 saturated heterocycles. The smallest absolute Gasteiger partial charge is 0.310 e. The average Bonchev–Trinajstić information content (AvgIpc) is 2.81. The number of esters is 1. The van der Waals surface area contributed by atoms with Crippen LogP contribution >= 0.6 is 23.4 Å². The Balaban J connectivity index is 1.65. The highest BCUT2D eigenvalue weighted by atomic mass is 35.5. The highest BCUT2D eigenvalue weighted by Gasteiger charge is 2.25. The van der Waals surface area contributed by atoms with Gasteiger partial charge in [-0.1, -0.05) is 36.7 Å². The molecule has 0 N–H and O–H groups in total. The van der Waals surface area contributed by atoms with E-state index < -0.39 is 18.4 Å². The Morgan fingerprint density at radius 1 is 1.26 bits per heavy atom. The fourth-order valence-electron chi connectivity index (χ4n) is 2.86. The van der Waals surface area contributed by atoms with Crippen LogP contribution in [0.25, 0.3) is 0 Å². The maximum absolute atomic E-state index is 13.8. The van der Waals surface area contributed by atoms with Crippen molar-refractivity contribution in [1.82, 2.24) is 0 Å². The second-order valence-electron chi connectivity index (χ2n) is 6.27. The van der Waals surface area contributed by atoms with Gasteiger partial charge < -0.3 is 9.64 Å². The van der Waals surface area contributed by atoms with E-state index in [0.717, 1.165) is 17.0 Å². The topological polar surface area (TPSA) is 46.6 Å². The first-order valence-electron chi connectivity index (χ1n) is 8.60. The number of fused-ring (bicyclic) bond motifs is 1. The van der Waals surface area contributed by atoms with E-state index in [1.165, 1.54) is 18.2 Å². The van der Waals surface area contributed by atoms with Crippen molar-refractivity contribution in [1.29, 1.82) is 0 Å². The summed E-state index contributed by atoms with van der Waals surface area (Å²) in [5.74, 6) is -1.57. The highest BCUT2D eigenvalue weighted by molar-refractivity contribution is 8.00. The molecule has 2 aromatic rings. The van der Waals surface area contributed by atoms with Crippen molar-refractivity contribution in [3.05, 3.63) is 58.9 Å². The largest absolute Gasteiger partial charge is 0.455 e. The fourth-order valence-corrected chi connectivity index (χ4v) is 4.21. The third-order valence-corrected chi connectivity index (χ3v) is 5.88. The molecule has 7 heteroatoms. The summed E-state index contributed by atoms with van der Waals surface area (Å²) >= 11 is 7.65. The number of para-hydroxylation sites is 1. The Hall–Kier alpha value is -2.05. The maximum Gasteiger partial charge on any atom is 0.310 e.